The Morgan fingerprint density at radius 1 is 0.808 bits per heavy atom. The summed E-state index contributed by atoms with van der Waals surface area (Å²) in [5.74, 6) is -0.456. The zero-order valence-corrected chi connectivity index (χ0v) is 16.2. The Morgan fingerprint density at radius 3 is 1.85 bits per heavy atom. The Morgan fingerprint density at radius 2 is 1.31 bits per heavy atom. The summed E-state index contributed by atoms with van der Waals surface area (Å²) in [6.07, 6.45) is 6.90. The second kappa shape index (κ2) is 11.5. The van der Waals surface area contributed by atoms with E-state index in [0.717, 1.165) is 24.0 Å². The number of carbonyl (C=O) groups excluding carboxylic acids is 1. The van der Waals surface area contributed by atoms with Crippen molar-refractivity contribution in [3.8, 4) is 0 Å². The molecule has 26 heavy (non-hydrogen) atoms. The first-order valence-corrected chi connectivity index (χ1v) is 9.79. The third-order valence-corrected chi connectivity index (χ3v) is 4.60. The average Bonchev–Trinajstić information content (AvgIpc) is 2.69. The summed E-state index contributed by atoms with van der Waals surface area (Å²) in [4.78, 5) is 12.5. The first kappa shape index (κ1) is 20.3. The smallest absolute Gasteiger partial charge is 0.350 e. The first-order valence-electron chi connectivity index (χ1n) is 9.41. The second-order valence-corrected chi connectivity index (χ2v) is 6.70. The Bertz CT molecular complexity index is 651. The first-order chi connectivity index (χ1) is 12.7. The van der Waals surface area contributed by atoms with Gasteiger partial charge in [0.05, 0.1) is 6.61 Å². The quantitative estimate of drug-likeness (QED) is 0.268. The zero-order valence-electron chi connectivity index (χ0n) is 15.4. The van der Waals surface area contributed by atoms with Gasteiger partial charge < -0.3 is 4.74 Å². The fourth-order valence-corrected chi connectivity index (χ4v) is 3.12. The lowest BCUT2D eigenvalue weighted by Crippen LogP contribution is -2.08. The molecule has 2 aromatic carbocycles. The summed E-state index contributed by atoms with van der Waals surface area (Å²) in [5.41, 5.74) is 2.52. The third kappa shape index (κ3) is 6.34. The minimum absolute atomic E-state index is 0.133. The molecule has 0 radical (unpaired) electrons. The van der Waals surface area contributed by atoms with Gasteiger partial charge in [0.2, 0.25) is 0 Å². The van der Waals surface area contributed by atoms with Gasteiger partial charge in [-0.1, -0.05) is 111 Å². The van der Waals surface area contributed by atoms with Crippen LogP contribution in [0, 0.1) is 0 Å². The maximum Gasteiger partial charge on any atom is 0.350 e. The second-order valence-electron chi connectivity index (χ2n) is 6.32. The van der Waals surface area contributed by atoms with Crippen LogP contribution in [0.3, 0.4) is 0 Å². The number of esters is 1. The lowest BCUT2D eigenvalue weighted by Gasteiger charge is -2.12. The summed E-state index contributed by atoms with van der Waals surface area (Å²) in [6, 6.07) is 19.4. The molecule has 3 heteroatoms. The monoisotopic (exact) mass is 370 g/mol. The van der Waals surface area contributed by atoms with Crippen molar-refractivity contribution in [1.82, 2.24) is 0 Å². The van der Waals surface area contributed by atoms with Crippen LogP contribution in [0.25, 0.3) is 5.57 Å². The number of halogens is 1. The molecule has 0 aliphatic heterocycles. The standard InChI is InChI=1S/C23H27ClO2/c1-2-3-4-5-6-13-18-26-23(25)22(24)21(19-14-9-7-10-15-19)20-16-11-8-12-17-20/h7-12,14-17H,2-6,13,18H2,1H3. The van der Waals surface area contributed by atoms with Crippen LogP contribution in [-0.4, -0.2) is 12.6 Å². The van der Waals surface area contributed by atoms with Gasteiger partial charge in [0, 0.05) is 5.57 Å². The number of rotatable bonds is 10. The predicted molar refractivity (Wildman–Crippen MR) is 109 cm³/mol. The van der Waals surface area contributed by atoms with E-state index in [-0.39, 0.29) is 5.03 Å². The highest BCUT2D eigenvalue weighted by atomic mass is 35.5. The summed E-state index contributed by atoms with van der Waals surface area (Å²) in [7, 11) is 0. The molecule has 138 valence electrons. The summed E-state index contributed by atoms with van der Waals surface area (Å²) >= 11 is 6.45. The number of carbonyl (C=O) groups is 1. The number of hydrogen-bond acceptors (Lipinski definition) is 2. The SMILES string of the molecule is CCCCCCCCOC(=O)C(Cl)=C(c1ccccc1)c1ccccc1. The van der Waals surface area contributed by atoms with E-state index in [4.69, 9.17) is 16.3 Å². The van der Waals surface area contributed by atoms with E-state index in [1.54, 1.807) is 0 Å². The van der Waals surface area contributed by atoms with E-state index in [1.807, 2.05) is 60.7 Å². The third-order valence-electron chi connectivity index (χ3n) is 4.25. The molecule has 0 aromatic heterocycles. The number of ether oxygens (including phenoxy) is 1. The van der Waals surface area contributed by atoms with Crippen molar-refractivity contribution in [1.29, 1.82) is 0 Å². The number of hydrogen-bond donors (Lipinski definition) is 0. The van der Waals surface area contributed by atoms with Crippen LogP contribution < -0.4 is 0 Å². The van der Waals surface area contributed by atoms with Gasteiger partial charge in [-0.25, -0.2) is 4.79 Å². The number of unbranched alkanes of at least 4 members (excludes halogenated alkanes) is 5. The van der Waals surface area contributed by atoms with Crippen LogP contribution >= 0.6 is 11.6 Å². The van der Waals surface area contributed by atoms with Crippen molar-refractivity contribution in [3.05, 3.63) is 76.8 Å². The van der Waals surface area contributed by atoms with Crippen LogP contribution in [0.2, 0.25) is 0 Å². The molecular formula is C23H27ClO2. The Hall–Kier alpha value is -2.06. The molecule has 0 saturated carbocycles. The van der Waals surface area contributed by atoms with Gasteiger partial charge in [0.25, 0.3) is 0 Å². The molecule has 0 N–H and O–H groups in total. The van der Waals surface area contributed by atoms with Crippen molar-refractivity contribution in [2.45, 2.75) is 45.4 Å². The topological polar surface area (TPSA) is 26.3 Å². The van der Waals surface area contributed by atoms with Gasteiger partial charge in [-0.15, -0.1) is 0 Å². The minimum atomic E-state index is -0.456. The molecule has 0 unspecified atom stereocenters. The normalized spacial score (nSPS) is 10.4. The molecule has 0 aliphatic carbocycles. The van der Waals surface area contributed by atoms with Crippen molar-refractivity contribution < 1.29 is 9.53 Å². The molecule has 0 heterocycles. The highest BCUT2D eigenvalue weighted by Crippen LogP contribution is 2.29. The van der Waals surface area contributed by atoms with Gasteiger partial charge in [-0.2, -0.15) is 0 Å². The van der Waals surface area contributed by atoms with E-state index in [1.165, 1.54) is 25.7 Å². The van der Waals surface area contributed by atoms with Crippen LogP contribution in [-0.2, 0) is 9.53 Å². The number of benzene rings is 2. The van der Waals surface area contributed by atoms with Crippen molar-refractivity contribution in [3.63, 3.8) is 0 Å². The molecule has 2 nitrogen and oxygen atoms in total. The lowest BCUT2D eigenvalue weighted by molar-refractivity contribution is -0.138. The molecule has 0 spiro atoms. The largest absolute Gasteiger partial charge is 0.461 e. The molecule has 0 amide bonds. The summed E-state index contributed by atoms with van der Waals surface area (Å²) in [6.45, 7) is 2.62. The molecule has 2 rings (SSSR count). The molecule has 0 aliphatic rings. The van der Waals surface area contributed by atoms with Gasteiger partial charge in [-0.05, 0) is 17.5 Å². The van der Waals surface area contributed by atoms with Gasteiger partial charge in [-0.3, -0.25) is 0 Å². The summed E-state index contributed by atoms with van der Waals surface area (Å²) in [5, 5.41) is 0.133. The average molecular weight is 371 g/mol. The van der Waals surface area contributed by atoms with Crippen molar-refractivity contribution >= 4 is 23.1 Å². The molecule has 0 bridgehead atoms. The van der Waals surface area contributed by atoms with Crippen LogP contribution in [0.5, 0.6) is 0 Å². The van der Waals surface area contributed by atoms with Gasteiger partial charge in [0.15, 0.2) is 0 Å². The maximum atomic E-state index is 12.5. The minimum Gasteiger partial charge on any atom is -0.461 e. The van der Waals surface area contributed by atoms with Crippen molar-refractivity contribution in [2.24, 2.45) is 0 Å². The fourth-order valence-electron chi connectivity index (χ4n) is 2.84. The van der Waals surface area contributed by atoms with E-state index < -0.39 is 5.97 Å². The summed E-state index contributed by atoms with van der Waals surface area (Å²) < 4.78 is 5.41. The van der Waals surface area contributed by atoms with Crippen molar-refractivity contribution in [2.75, 3.05) is 6.61 Å². The fraction of sp³-hybridized carbons (Fsp3) is 0.348. The van der Waals surface area contributed by atoms with Crippen LogP contribution in [0.15, 0.2) is 65.7 Å². The molecule has 0 saturated heterocycles. The lowest BCUT2D eigenvalue weighted by atomic mass is 9.97. The highest BCUT2D eigenvalue weighted by molar-refractivity contribution is 6.45. The highest BCUT2D eigenvalue weighted by Gasteiger charge is 2.17. The zero-order chi connectivity index (χ0) is 18.6. The van der Waals surface area contributed by atoms with Gasteiger partial charge >= 0.3 is 5.97 Å². The predicted octanol–water partition coefficient (Wildman–Crippen LogP) is 6.59. The van der Waals surface area contributed by atoms with Gasteiger partial charge in [0.1, 0.15) is 5.03 Å². The van der Waals surface area contributed by atoms with E-state index in [2.05, 4.69) is 6.92 Å². The molecule has 0 atom stereocenters. The van der Waals surface area contributed by atoms with Crippen LogP contribution in [0.1, 0.15) is 56.6 Å². The molecule has 0 fully saturated rings. The molecular weight excluding hydrogens is 344 g/mol. The Labute approximate surface area is 161 Å². The molecule has 2 aromatic rings. The maximum absolute atomic E-state index is 12.5. The van der Waals surface area contributed by atoms with E-state index >= 15 is 0 Å². The Kier molecular flexibility index (Phi) is 8.99. The van der Waals surface area contributed by atoms with E-state index in [9.17, 15) is 4.79 Å². The van der Waals surface area contributed by atoms with Crippen LogP contribution in [0.4, 0.5) is 0 Å². The Balaban J connectivity index is 2.05. The van der Waals surface area contributed by atoms with E-state index in [0.29, 0.717) is 12.2 Å².